The normalized spacial score (nSPS) is 16.3. The van der Waals surface area contributed by atoms with E-state index in [-0.39, 0.29) is 41.8 Å². The van der Waals surface area contributed by atoms with Gasteiger partial charge in [-0.25, -0.2) is 33.5 Å². The summed E-state index contributed by atoms with van der Waals surface area (Å²) >= 11 is 0. The Morgan fingerprint density at radius 3 is 1.74 bits per heavy atom. The molecule has 2 aliphatic heterocycles. The summed E-state index contributed by atoms with van der Waals surface area (Å²) in [5, 5.41) is 24.5. The lowest BCUT2D eigenvalue weighted by atomic mass is 10.1. The maximum atomic E-state index is 14.1. The maximum Gasteiger partial charge on any atom is 0.407 e. The molecule has 0 unspecified atom stereocenters. The standard InChI is InChI=1S/C26H23FN4O3.C18H17FN4O/c27-18-10-11-22-21(14-18)25(30-24(29-22)20-8-4-5-9-23(20)32)31-13-12-19(15-31)28-26(33)34-16-17-6-2-1-3-7-17;19-11-5-6-15-14(9-11)18(23-8-7-12(20)10-23)22-17(21-15)13-3-1-2-4-16(13)24/h1-11,14,19,32H,12-13,15-16H2,(H,28,33);1-6,9,12,24H,7-8,10,20H2/t19-;12-/m11/s1. The van der Waals surface area contributed by atoms with E-state index < -0.39 is 6.09 Å². The van der Waals surface area contributed by atoms with Crippen LogP contribution in [-0.4, -0.2) is 74.5 Å². The molecule has 0 bridgehead atoms. The molecule has 0 radical (unpaired) electrons. The topological polar surface area (TPSA) is 163 Å². The van der Waals surface area contributed by atoms with Crippen LogP contribution < -0.4 is 20.9 Å². The van der Waals surface area contributed by atoms with E-state index in [1.165, 1.54) is 24.3 Å². The van der Waals surface area contributed by atoms with Crippen molar-refractivity contribution in [3.8, 4) is 34.3 Å². The number of para-hydroxylation sites is 2. The molecule has 14 heteroatoms. The molecule has 0 spiro atoms. The number of carbonyl (C=O) groups is 1. The molecule has 2 fully saturated rings. The van der Waals surface area contributed by atoms with E-state index >= 15 is 0 Å². The second kappa shape index (κ2) is 16.7. The van der Waals surface area contributed by atoms with Crippen molar-refractivity contribution < 1.29 is 28.5 Å². The lowest BCUT2D eigenvalue weighted by molar-refractivity contribution is 0.136. The number of rotatable bonds is 7. The molecule has 2 aliphatic rings. The minimum absolute atomic E-state index is 0.0667. The summed E-state index contributed by atoms with van der Waals surface area (Å²) in [6.45, 7) is 2.74. The van der Waals surface area contributed by atoms with Crippen molar-refractivity contribution in [2.75, 3.05) is 36.0 Å². The Bertz CT molecular complexity index is 2600. The van der Waals surface area contributed by atoms with Gasteiger partial charge >= 0.3 is 6.09 Å². The van der Waals surface area contributed by atoms with Crippen LogP contribution in [0.25, 0.3) is 44.6 Å². The monoisotopic (exact) mass is 782 g/mol. The molecule has 7 aromatic rings. The number of hydrogen-bond acceptors (Lipinski definition) is 11. The van der Waals surface area contributed by atoms with Gasteiger partial charge in [0.1, 0.15) is 41.4 Å². The molecule has 12 nitrogen and oxygen atoms in total. The Morgan fingerprint density at radius 1 is 0.690 bits per heavy atom. The minimum Gasteiger partial charge on any atom is -0.507 e. The number of halogens is 2. The predicted octanol–water partition coefficient (Wildman–Crippen LogP) is 7.33. The van der Waals surface area contributed by atoms with E-state index in [1.807, 2.05) is 41.3 Å². The molecule has 1 amide bonds. The van der Waals surface area contributed by atoms with E-state index in [2.05, 4.69) is 30.2 Å². The van der Waals surface area contributed by atoms with Gasteiger partial charge in [-0.2, -0.15) is 0 Å². The van der Waals surface area contributed by atoms with Gasteiger partial charge in [-0.3, -0.25) is 0 Å². The number of phenols is 2. The molecule has 0 saturated carbocycles. The van der Waals surface area contributed by atoms with Crippen LogP contribution in [0, 0.1) is 11.6 Å². The zero-order valence-electron chi connectivity index (χ0n) is 31.3. The molecule has 9 rings (SSSR count). The van der Waals surface area contributed by atoms with Gasteiger partial charge in [0.05, 0.1) is 28.2 Å². The third-order valence-electron chi connectivity index (χ3n) is 10.1. The Labute approximate surface area is 332 Å². The van der Waals surface area contributed by atoms with E-state index in [1.54, 1.807) is 54.6 Å². The SMILES string of the molecule is N[C@@H]1CCN(c2nc(-c3ccccc3O)nc3ccc(F)cc23)C1.O=C(N[C@@H]1CCN(c2nc(-c3ccccc3O)nc3ccc(F)cc23)C1)OCc1ccccc1. The van der Waals surface area contributed by atoms with E-state index in [9.17, 15) is 23.8 Å². The summed E-state index contributed by atoms with van der Waals surface area (Å²) in [5.41, 5.74) is 9.18. The van der Waals surface area contributed by atoms with Gasteiger partial charge in [-0.05, 0) is 79.1 Å². The summed E-state index contributed by atoms with van der Waals surface area (Å²) < 4.78 is 33.1. The first-order valence-electron chi connectivity index (χ1n) is 18.9. The van der Waals surface area contributed by atoms with Crippen LogP contribution >= 0.6 is 0 Å². The zero-order valence-corrected chi connectivity index (χ0v) is 31.3. The van der Waals surface area contributed by atoms with Gasteiger partial charge in [0, 0.05) is 43.0 Å². The fourth-order valence-electron chi connectivity index (χ4n) is 7.20. The first kappa shape index (κ1) is 38.0. The fraction of sp³-hybridized carbons (Fsp3) is 0.205. The smallest absolute Gasteiger partial charge is 0.407 e. The van der Waals surface area contributed by atoms with Gasteiger partial charge < -0.3 is 35.8 Å². The summed E-state index contributed by atoms with van der Waals surface area (Å²) in [6.07, 6.45) is 1.07. The summed E-state index contributed by atoms with van der Waals surface area (Å²) in [5.74, 6) is 1.46. The number of benzene rings is 5. The van der Waals surface area contributed by atoms with Crippen molar-refractivity contribution in [3.63, 3.8) is 0 Å². The third-order valence-corrected chi connectivity index (χ3v) is 10.1. The number of nitrogens with zero attached hydrogens (tertiary/aromatic N) is 6. The number of phenolic OH excluding ortho intramolecular Hbond substituents is 2. The Kier molecular flexibility index (Phi) is 10.9. The molecule has 5 aromatic carbocycles. The molecule has 2 atom stereocenters. The average molecular weight is 783 g/mol. The molecule has 2 aromatic heterocycles. The van der Waals surface area contributed by atoms with Gasteiger partial charge in [0.25, 0.3) is 0 Å². The van der Waals surface area contributed by atoms with Crippen LogP contribution in [0.3, 0.4) is 0 Å². The fourth-order valence-corrected chi connectivity index (χ4v) is 7.20. The third kappa shape index (κ3) is 8.42. The molecule has 2 saturated heterocycles. The lowest BCUT2D eigenvalue weighted by Gasteiger charge is -2.20. The summed E-state index contributed by atoms with van der Waals surface area (Å²) in [6, 6.07) is 32.0. The van der Waals surface area contributed by atoms with Crippen LogP contribution in [-0.2, 0) is 11.3 Å². The number of aromatic nitrogens is 4. The molecule has 0 aliphatic carbocycles. The summed E-state index contributed by atoms with van der Waals surface area (Å²) in [7, 11) is 0. The van der Waals surface area contributed by atoms with E-state index in [0.29, 0.717) is 82.3 Å². The van der Waals surface area contributed by atoms with Crippen LogP contribution in [0.15, 0.2) is 115 Å². The number of aromatic hydroxyl groups is 2. The quantitative estimate of drug-likeness (QED) is 0.128. The highest BCUT2D eigenvalue weighted by molar-refractivity contribution is 5.92. The highest BCUT2D eigenvalue weighted by atomic mass is 19.1. The molecule has 294 valence electrons. The van der Waals surface area contributed by atoms with Crippen LogP contribution in [0.4, 0.5) is 25.2 Å². The number of anilines is 2. The number of nitrogens with one attached hydrogen (secondary N) is 1. The van der Waals surface area contributed by atoms with Crippen molar-refractivity contribution in [1.29, 1.82) is 0 Å². The van der Waals surface area contributed by atoms with Crippen molar-refractivity contribution in [1.82, 2.24) is 25.3 Å². The van der Waals surface area contributed by atoms with Crippen LogP contribution in [0.5, 0.6) is 11.5 Å². The number of ether oxygens (including phenoxy) is 1. The van der Waals surface area contributed by atoms with E-state index in [4.69, 9.17) is 10.5 Å². The molecular weight excluding hydrogens is 743 g/mol. The average Bonchev–Trinajstić information content (AvgIpc) is 3.89. The highest BCUT2D eigenvalue weighted by Gasteiger charge is 2.28. The van der Waals surface area contributed by atoms with Crippen molar-refractivity contribution in [2.24, 2.45) is 5.73 Å². The number of carbonyl (C=O) groups excluding carboxylic acids is 1. The van der Waals surface area contributed by atoms with Gasteiger partial charge in [0.15, 0.2) is 11.6 Å². The van der Waals surface area contributed by atoms with Gasteiger partial charge in [-0.15, -0.1) is 0 Å². The molecule has 58 heavy (non-hydrogen) atoms. The molecule has 5 N–H and O–H groups in total. The van der Waals surface area contributed by atoms with E-state index in [0.717, 1.165) is 18.5 Å². The van der Waals surface area contributed by atoms with Crippen molar-refractivity contribution >= 4 is 39.5 Å². The number of alkyl carbamates (subject to hydrolysis) is 1. The zero-order chi connectivity index (χ0) is 40.2. The number of nitrogens with two attached hydrogens (primary N) is 1. The van der Waals surface area contributed by atoms with Crippen molar-refractivity contribution in [3.05, 3.63) is 132 Å². The second-order valence-electron chi connectivity index (χ2n) is 14.2. The molecular formula is C44H40F2N8O4. The predicted molar refractivity (Wildman–Crippen MR) is 218 cm³/mol. The number of fused-ring (bicyclic) bond motifs is 2. The highest BCUT2D eigenvalue weighted by Crippen LogP contribution is 2.35. The first-order valence-corrected chi connectivity index (χ1v) is 18.9. The Morgan fingerprint density at radius 2 is 1.21 bits per heavy atom. The second-order valence-corrected chi connectivity index (χ2v) is 14.2. The minimum atomic E-state index is -0.482. The molecule has 4 heterocycles. The van der Waals surface area contributed by atoms with Gasteiger partial charge in [-0.1, -0.05) is 54.6 Å². The van der Waals surface area contributed by atoms with Crippen LogP contribution in [0.1, 0.15) is 18.4 Å². The van der Waals surface area contributed by atoms with Gasteiger partial charge in [0.2, 0.25) is 0 Å². The Hall–Kier alpha value is -6.93. The first-order chi connectivity index (χ1) is 28.2. The Balaban J connectivity index is 0.000000172. The number of hydrogen-bond donors (Lipinski definition) is 4. The number of amides is 1. The van der Waals surface area contributed by atoms with Crippen LogP contribution in [0.2, 0.25) is 0 Å². The maximum absolute atomic E-state index is 14.1. The lowest BCUT2D eigenvalue weighted by Crippen LogP contribution is -2.37. The largest absolute Gasteiger partial charge is 0.507 e. The summed E-state index contributed by atoms with van der Waals surface area (Å²) in [4.78, 5) is 34.7. The van der Waals surface area contributed by atoms with Crippen molar-refractivity contribution in [2.45, 2.75) is 31.5 Å².